The number of nitrogens with one attached hydrogen (secondary N) is 1. The van der Waals surface area contributed by atoms with Crippen molar-refractivity contribution in [2.45, 2.75) is 26.8 Å². The summed E-state index contributed by atoms with van der Waals surface area (Å²) in [6, 6.07) is 3.11. The normalized spacial score (nSPS) is 11.2. The zero-order valence-corrected chi connectivity index (χ0v) is 17.7. The molecule has 0 spiro atoms. The number of hydrogen-bond donors (Lipinski definition) is 1. The second kappa shape index (κ2) is 8.04. The molecular formula is C20H16F2N4O2S2. The molecule has 30 heavy (non-hydrogen) atoms. The van der Waals surface area contributed by atoms with Crippen molar-refractivity contribution >= 4 is 43.9 Å². The van der Waals surface area contributed by atoms with Gasteiger partial charge < -0.3 is 5.32 Å². The van der Waals surface area contributed by atoms with Gasteiger partial charge in [0.25, 0.3) is 5.56 Å². The molecule has 4 aromatic rings. The number of anilines is 1. The third kappa shape index (κ3) is 3.88. The molecule has 0 fully saturated rings. The summed E-state index contributed by atoms with van der Waals surface area (Å²) in [7, 11) is 0. The van der Waals surface area contributed by atoms with Crippen LogP contribution in [0.25, 0.3) is 21.5 Å². The lowest BCUT2D eigenvalue weighted by molar-refractivity contribution is -0.116. The van der Waals surface area contributed by atoms with Crippen LogP contribution in [0.3, 0.4) is 0 Å². The van der Waals surface area contributed by atoms with Crippen molar-refractivity contribution in [2.24, 2.45) is 0 Å². The molecule has 0 aliphatic heterocycles. The van der Waals surface area contributed by atoms with Gasteiger partial charge in [-0.2, -0.15) is 0 Å². The molecule has 6 nitrogen and oxygen atoms in total. The molecule has 0 saturated carbocycles. The predicted molar refractivity (Wildman–Crippen MR) is 114 cm³/mol. The second-order valence-corrected chi connectivity index (χ2v) is 8.73. The van der Waals surface area contributed by atoms with Gasteiger partial charge in [0.1, 0.15) is 16.5 Å². The van der Waals surface area contributed by atoms with Gasteiger partial charge in [-0.1, -0.05) is 0 Å². The lowest BCUT2D eigenvalue weighted by Gasteiger charge is -2.05. The van der Waals surface area contributed by atoms with Crippen LogP contribution in [0.1, 0.15) is 16.9 Å². The maximum absolute atomic E-state index is 13.9. The number of hydrogen-bond acceptors (Lipinski definition) is 6. The molecule has 3 heterocycles. The molecule has 1 aromatic carbocycles. The van der Waals surface area contributed by atoms with Crippen LogP contribution < -0.4 is 10.9 Å². The maximum Gasteiger partial charge on any atom is 0.262 e. The molecule has 0 bridgehead atoms. The molecule has 154 valence electrons. The van der Waals surface area contributed by atoms with Crippen molar-refractivity contribution in [3.63, 3.8) is 0 Å². The van der Waals surface area contributed by atoms with Gasteiger partial charge in [0.05, 0.1) is 17.4 Å². The van der Waals surface area contributed by atoms with Gasteiger partial charge in [0.15, 0.2) is 5.13 Å². The Morgan fingerprint density at radius 1 is 1.27 bits per heavy atom. The molecule has 0 aliphatic carbocycles. The molecule has 0 radical (unpaired) electrons. The summed E-state index contributed by atoms with van der Waals surface area (Å²) in [4.78, 5) is 35.2. The van der Waals surface area contributed by atoms with E-state index < -0.39 is 11.6 Å². The van der Waals surface area contributed by atoms with Crippen LogP contribution in [-0.2, 0) is 11.3 Å². The SMILES string of the molecule is Cc1sc2ncn(CCC(=O)Nc3nc(-c4cc(F)ccc4F)cs3)c(=O)c2c1C. The van der Waals surface area contributed by atoms with Crippen LogP contribution in [0.15, 0.2) is 34.7 Å². The van der Waals surface area contributed by atoms with Gasteiger partial charge in [-0.15, -0.1) is 22.7 Å². The van der Waals surface area contributed by atoms with Gasteiger partial charge >= 0.3 is 0 Å². The molecule has 0 atom stereocenters. The van der Waals surface area contributed by atoms with Gasteiger partial charge in [-0.05, 0) is 37.6 Å². The van der Waals surface area contributed by atoms with Gasteiger partial charge in [-0.25, -0.2) is 18.7 Å². The minimum atomic E-state index is -0.596. The first-order valence-electron chi connectivity index (χ1n) is 8.99. The quantitative estimate of drug-likeness (QED) is 0.490. The summed E-state index contributed by atoms with van der Waals surface area (Å²) in [6.07, 6.45) is 1.49. The fraction of sp³-hybridized carbons (Fsp3) is 0.200. The second-order valence-electron chi connectivity index (χ2n) is 6.67. The van der Waals surface area contributed by atoms with Crippen LogP contribution >= 0.6 is 22.7 Å². The smallest absolute Gasteiger partial charge is 0.262 e. The van der Waals surface area contributed by atoms with E-state index in [4.69, 9.17) is 0 Å². The van der Waals surface area contributed by atoms with Crippen molar-refractivity contribution in [1.29, 1.82) is 0 Å². The highest BCUT2D eigenvalue weighted by molar-refractivity contribution is 7.18. The Kier molecular flexibility index (Phi) is 5.44. The topological polar surface area (TPSA) is 76.9 Å². The first kappa shape index (κ1) is 20.3. The zero-order valence-electron chi connectivity index (χ0n) is 16.0. The Balaban J connectivity index is 1.45. The maximum atomic E-state index is 13.9. The van der Waals surface area contributed by atoms with Crippen LogP contribution in [0.5, 0.6) is 0 Å². The summed E-state index contributed by atoms with van der Waals surface area (Å²) in [5, 5.41) is 5.02. The van der Waals surface area contributed by atoms with E-state index in [0.29, 0.717) is 10.2 Å². The zero-order chi connectivity index (χ0) is 21.4. The lowest BCUT2D eigenvalue weighted by atomic mass is 10.1. The van der Waals surface area contributed by atoms with Gasteiger partial charge in [0.2, 0.25) is 5.91 Å². The Bertz CT molecular complexity index is 1330. The van der Waals surface area contributed by atoms with Crippen LogP contribution in [-0.4, -0.2) is 20.4 Å². The largest absolute Gasteiger partial charge is 0.302 e. The molecule has 0 aliphatic rings. The predicted octanol–water partition coefficient (Wildman–Crippen LogP) is 4.51. The number of rotatable bonds is 5. The number of thiazole rings is 1. The number of aromatic nitrogens is 3. The first-order chi connectivity index (χ1) is 14.3. The van der Waals surface area contributed by atoms with E-state index in [-0.39, 0.29) is 40.8 Å². The Morgan fingerprint density at radius 3 is 2.87 bits per heavy atom. The Labute approximate surface area is 177 Å². The summed E-state index contributed by atoms with van der Waals surface area (Å²) in [5.41, 5.74) is 1.000. The fourth-order valence-corrected chi connectivity index (χ4v) is 4.70. The third-order valence-corrected chi connectivity index (χ3v) is 6.56. The van der Waals surface area contributed by atoms with E-state index in [1.807, 2.05) is 13.8 Å². The minimum absolute atomic E-state index is 0.0269. The molecule has 0 unspecified atom stereocenters. The standard InChI is InChI=1S/C20H16F2N4O2S2/c1-10-11(2)30-18-17(10)19(28)26(9-23-18)6-5-16(27)25-20-24-15(8-29-20)13-7-12(21)3-4-14(13)22/h3-4,7-9H,5-6H2,1-2H3,(H,24,25,27). The van der Waals surface area contributed by atoms with Gasteiger partial charge in [-0.3, -0.25) is 14.2 Å². The number of aryl methyl sites for hydroxylation is 3. The molecule has 1 amide bonds. The number of nitrogens with zero attached hydrogens (tertiary/aromatic N) is 3. The Hall–Kier alpha value is -2.98. The van der Waals surface area contributed by atoms with E-state index in [0.717, 1.165) is 40.0 Å². The average molecular weight is 447 g/mol. The van der Waals surface area contributed by atoms with Crippen molar-refractivity contribution in [1.82, 2.24) is 14.5 Å². The molecule has 3 aromatic heterocycles. The van der Waals surface area contributed by atoms with Crippen molar-refractivity contribution in [3.8, 4) is 11.3 Å². The van der Waals surface area contributed by atoms with Crippen molar-refractivity contribution < 1.29 is 13.6 Å². The summed E-state index contributed by atoms with van der Waals surface area (Å²) < 4.78 is 28.7. The molecule has 4 rings (SSSR count). The van der Waals surface area contributed by atoms with E-state index in [1.165, 1.54) is 27.6 Å². The summed E-state index contributed by atoms with van der Waals surface area (Å²) in [6.45, 7) is 3.99. The molecule has 1 N–H and O–H groups in total. The summed E-state index contributed by atoms with van der Waals surface area (Å²) >= 11 is 2.58. The molecule has 10 heteroatoms. The highest BCUT2D eigenvalue weighted by Crippen LogP contribution is 2.28. The van der Waals surface area contributed by atoms with Crippen LogP contribution in [0.2, 0.25) is 0 Å². The number of carbonyl (C=O) groups excluding carboxylic acids is 1. The monoisotopic (exact) mass is 446 g/mol. The average Bonchev–Trinajstić information content (AvgIpc) is 3.28. The van der Waals surface area contributed by atoms with Crippen LogP contribution in [0.4, 0.5) is 13.9 Å². The number of carbonyl (C=O) groups is 1. The minimum Gasteiger partial charge on any atom is -0.302 e. The number of halogens is 2. The highest BCUT2D eigenvalue weighted by Gasteiger charge is 2.14. The number of benzene rings is 1. The van der Waals surface area contributed by atoms with E-state index >= 15 is 0 Å². The number of amides is 1. The molecular weight excluding hydrogens is 430 g/mol. The fourth-order valence-electron chi connectivity index (χ4n) is 2.98. The number of thiophene rings is 1. The van der Waals surface area contributed by atoms with Gasteiger partial charge in [0, 0.05) is 28.8 Å². The van der Waals surface area contributed by atoms with Crippen molar-refractivity contribution in [3.05, 3.63) is 62.3 Å². The highest BCUT2D eigenvalue weighted by atomic mass is 32.1. The first-order valence-corrected chi connectivity index (χ1v) is 10.7. The van der Waals surface area contributed by atoms with E-state index in [2.05, 4.69) is 15.3 Å². The third-order valence-electron chi connectivity index (χ3n) is 4.69. The van der Waals surface area contributed by atoms with Crippen LogP contribution in [0, 0.1) is 25.5 Å². The summed E-state index contributed by atoms with van der Waals surface area (Å²) in [5.74, 6) is -1.52. The van der Waals surface area contributed by atoms with Crippen molar-refractivity contribution in [2.75, 3.05) is 5.32 Å². The molecule has 0 saturated heterocycles. The van der Waals surface area contributed by atoms with E-state index in [1.54, 1.807) is 0 Å². The Morgan fingerprint density at radius 2 is 2.07 bits per heavy atom. The lowest BCUT2D eigenvalue weighted by Crippen LogP contribution is -2.23. The van der Waals surface area contributed by atoms with E-state index in [9.17, 15) is 18.4 Å². The number of fused-ring (bicyclic) bond motifs is 1.